The van der Waals surface area contributed by atoms with Crippen LogP contribution < -0.4 is 5.32 Å². The number of hydrogen-bond donors (Lipinski definition) is 1. The average Bonchev–Trinajstić information content (AvgIpc) is 3.15. The molecule has 0 amide bonds. The topological polar surface area (TPSA) is 50.7 Å². The van der Waals surface area contributed by atoms with Crippen LogP contribution in [0.2, 0.25) is 0 Å². The van der Waals surface area contributed by atoms with Gasteiger partial charge in [-0.2, -0.15) is 11.8 Å². The van der Waals surface area contributed by atoms with E-state index in [1.165, 1.54) is 10.3 Å². The second-order valence-electron chi connectivity index (χ2n) is 4.87. The van der Waals surface area contributed by atoms with E-state index in [-0.39, 0.29) is 0 Å². The Morgan fingerprint density at radius 3 is 3.14 bits per heavy atom. The molecule has 0 radical (unpaired) electrons. The first-order valence-corrected chi connectivity index (χ1v) is 8.93. The van der Waals surface area contributed by atoms with Crippen LogP contribution >= 0.6 is 23.1 Å². The van der Waals surface area contributed by atoms with Gasteiger partial charge in [0, 0.05) is 35.4 Å². The van der Waals surface area contributed by atoms with Gasteiger partial charge in [0.2, 0.25) is 0 Å². The van der Waals surface area contributed by atoms with E-state index in [1.807, 2.05) is 24.0 Å². The summed E-state index contributed by atoms with van der Waals surface area (Å²) >= 11 is 3.59. The summed E-state index contributed by atoms with van der Waals surface area (Å²) in [6, 6.07) is 4.17. The molecular formula is C15H14N4S2. The van der Waals surface area contributed by atoms with E-state index >= 15 is 0 Å². The molecule has 4 rings (SSSR count). The van der Waals surface area contributed by atoms with Crippen LogP contribution in [-0.2, 0) is 11.5 Å². The second kappa shape index (κ2) is 5.27. The first-order chi connectivity index (χ1) is 10.3. The van der Waals surface area contributed by atoms with Crippen LogP contribution in [-0.4, -0.2) is 21.5 Å². The Bertz CT molecular complexity index is 813. The van der Waals surface area contributed by atoms with Gasteiger partial charge in [-0.1, -0.05) is 0 Å². The molecule has 4 heterocycles. The standard InChI is InChI=1S/C15H14N4S2/c1-2-16-15-10-7-20-8-12(10)18-14(19-15)9-5-13-11(17-6-9)3-4-21-13/h3-6H,2,7-8H2,1H3,(H,16,18,19). The number of anilines is 1. The molecule has 0 bridgehead atoms. The number of hydrogen-bond acceptors (Lipinski definition) is 6. The van der Waals surface area contributed by atoms with Crippen LogP contribution in [0, 0.1) is 0 Å². The molecule has 0 atom stereocenters. The fourth-order valence-electron chi connectivity index (χ4n) is 2.46. The van der Waals surface area contributed by atoms with Crippen LogP contribution in [0.15, 0.2) is 23.7 Å². The lowest BCUT2D eigenvalue weighted by molar-refractivity contribution is 1.05. The molecule has 0 fully saturated rings. The Hall–Kier alpha value is -1.66. The number of thiophene rings is 1. The zero-order valence-electron chi connectivity index (χ0n) is 11.6. The minimum Gasteiger partial charge on any atom is -0.370 e. The number of pyridine rings is 1. The predicted molar refractivity (Wildman–Crippen MR) is 89.8 cm³/mol. The Kier molecular flexibility index (Phi) is 3.27. The number of nitrogens with zero attached hydrogens (tertiary/aromatic N) is 3. The first-order valence-electron chi connectivity index (χ1n) is 6.90. The lowest BCUT2D eigenvalue weighted by atomic mass is 10.2. The summed E-state index contributed by atoms with van der Waals surface area (Å²) in [6.45, 7) is 2.96. The molecule has 1 aliphatic heterocycles. The number of fused-ring (bicyclic) bond motifs is 2. The molecule has 0 aliphatic carbocycles. The predicted octanol–water partition coefficient (Wildman–Crippen LogP) is 3.93. The Balaban J connectivity index is 1.85. The monoisotopic (exact) mass is 314 g/mol. The van der Waals surface area contributed by atoms with Crippen molar-refractivity contribution in [3.05, 3.63) is 35.0 Å². The number of rotatable bonds is 3. The minimum absolute atomic E-state index is 0.773. The van der Waals surface area contributed by atoms with E-state index < -0.39 is 0 Å². The molecule has 6 heteroatoms. The minimum atomic E-state index is 0.773. The van der Waals surface area contributed by atoms with Gasteiger partial charge in [-0.3, -0.25) is 4.98 Å². The normalized spacial score (nSPS) is 13.6. The molecular weight excluding hydrogens is 300 g/mol. The van der Waals surface area contributed by atoms with Gasteiger partial charge in [0.1, 0.15) is 5.82 Å². The van der Waals surface area contributed by atoms with Crippen LogP contribution in [0.3, 0.4) is 0 Å². The van der Waals surface area contributed by atoms with Crippen molar-refractivity contribution < 1.29 is 0 Å². The Morgan fingerprint density at radius 2 is 2.24 bits per heavy atom. The van der Waals surface area contributed by atoms with Crippen molar-refractivity contribution in [3.8, 4) is 11.4 Å². The quantitative estimate of drug-likeness (QED) is 0.794. The third-order valence-corrected chi connectivity index (χ3v) is 5.31. The van der Waals surface area contributed by atoms with Gasteiger partial charge >= 0.3 is 0 Å². The smallest absolute Gasteiger partial charge is 0.163 e. The molecule has 21 heavy (non-hydrogen) atoms. The molecule has 0 unspecified atom stereocenters. The van der Waals surface area contributed by atoms with E-state index in [2.05, 4.69) is 28.7 Å². The SMILES string of the molecule is CCNc1nc(-c2cnc3ccsc3c2)nc2c1CSC2. The summed E-state index contributed by atoms with van der Waals surface area (Å²) in [7, 11) is 0. The van der Waals surface area contributed by atoms with Gasteiger partial charge in [0.15, 0.2) is 5.82 Å². The van der Waals surface area contributed by atoms with Gasteiger partial charge in [0.05, 0.1) is 15.9 Å². The maximum atomic E-state index is 4.75. The van der Waals surface area contributed by atoms with Gasteiger partial charge in [0.25, 0.3) is 0 Å². The third-order valence-electron chi connectivity index (χ3n) is 3.48. The molecule has 4 nitrogen and oxygen atoms in total. The highest BCUT2D eigenvalue weighted by Gasteiger charge is 2.20. The fraction of sp³-hybridized carbons (Fsp3) is 0.267. The van der Waals surface area contributed by atoms with Gasteiger partial charge in [-0.25, -0.2) is 9.97 Å². The molecule has 0 saturated carbocycles. The van der Waals surface area contributed by atoms with Crippen molar-refractivity contribution in [1.29, 1.82) is 0 Å². The van der Waals surface area contributed by atoms with E-state index in [1.54, 1.807) is 11.3 Å². The maximum Gasteiger partial charge on any atom is 0.163 e. The summed E-state index contributed by atoms with van der Waals surface area (Å²) in [5.74, 6) is 3.72. The van der Waals surface area contributed by atoms with Gasteiger partial charge in [-0.15, -0.1) is 11.3 Å². The van der Waals surface area contributed by atoms with Crippen LogP contribution in [0.5, 0.6) is 0 Å². The summed E-state index contributed by atoms with van der Waals surface area (Å²) in [5, 5.41) is 5.43. The number of aromatic nitrogens is 3. The van der Waals surface area contributed by atoms with E-state index in [0.717, 1.165) is 46.5 Å². The molecule has 106 valence electrons. The summed E-state index contributed by atoms with van der Waals surface area (Å²) in [5.41, 5.74) is 4.44. The van der Waals surface area contributed by atoms with Crippen molar-refractivity contribution in [3.63, 3.8) is 0 Å². The van der Waals surface area contributed by atoms with Gasteiger partial charge in [-0.05, 0) is 24.4 Å². The Labute approximate surface area is 131 Å². The zero-order valence-corrected chi connectivity index (χ0v) is 13.2. The van der Waals surface area contributed by atoms with E-state index in [4.69, 9.17) is 9.97 Å². The highest BCUT2D eigenvalue weighted by Crippen LogP contribution is 2.34. The maximum absolute atomic E-state index is 4.75. The van der Waals surface area contributed by atoms with Crippen molar-refractivity contribution in [2.75, 3.05) is 11.9 Å². The van der Waals surface area contributed by atoms with Crippen molar-refractivity contribution in [1.82, 2.24) is 15.0 Å². The van der Waals surface area contributed by atoms with Crippen molar-refractivity contribution in [2.24, 2.45) is 0 Å². The van der Waals surface area contributed by atoms with Crippen LogP contribution in [0.25, 0.3) is 21.6 Å². The highest BCUT2D eigenvalue weighted by molar-refractivity contribution is 7.98. The average molecular weight is 314 g/mol. The Morgan fingerprint density at radius 1 is 1.29 bits per heavy atom. The van der Waals surface area contributed by atoms with Crippen molar-refractivity contribution in [2.45, 2.75) is 18.4 Å². The van der Waals surface area contributed by atoms with Gasteiger partial charge < -0.3 is 5.32 Å². The fourth-order valence-corrected chi connectivity index (χ4v) is 4.28. The molecule has 0 aromatic carbocycles. The summed E-state index contributed by atoms with van der Waals surface area (Å²) in [4.78, 5) is 14.0. The highest BCUT2D eigenvalue weighted by atomic mass is 32.2. The first kappa shape index (κ1) is 13.0. The molecule has 1 aliphatic rings. The summed E-state index contributed by atoms with van der Waals surface area (Å²) in [6.07, 6.45) is 1.87. The lowest BCUT2D eigenvalue weighted by Crippen LogP contribution is -2.06. The number of nitrogens with one attached hydrogen (secondary N) is 1. The molecule has 0 saturated heterocycles. The lowest BCUT2D eigenvalue weighted by Gasteiger charge is -2.10. The second-order valence-corrected chi connectivity index (χ2v) is 6.81. The van der Waals surface area contributed by atoms with Crippen LogP contribution in [0.1, 0.15) is 18.2 Å². The van der Waals surface area contributed by atoms with E-state index in [9.17, 15) is 0 Å². The van der Waals surface area contributed by atoms with Crippen LogP contribution in [0.4, 0.5) is 5.82 Å². The molecule has 1 N–H and O–H groups in total. The number of thioether (sulfide) groups is 1. The molecule has 3 aromatic heterocycles. The zero-order chi connectivity index (χ0) is 14.2. The third kappa shape index (κ3) is 2.28. The largest absolute Gasteiger partial charge is 0.370 e. The van der Waals surface area contributed by atoms with E-state index in [0.29, 0.717) is 0 Å². The molecule has 0 spiro atoms. The molecule has 3 aromatic rings. The van der Waals surface area contributed by atoms with Crippen molar-refractivity contribution >= 4 is 39.1 Å². The summed E-state index contributed by atoms with van der Waals surface area (Å²) < 4.78 is 1.18.